The maximum Gasteiger partial charge on any atom is 0.244 e. The summed E-state index contributed by atoms with van der Waals surface area (Å²) in [5.74, 6) is -0.948. The molecule has 0 aliphatic heterocycles. The normalized spacial score (nSPS) is 13.1. The van der Waals surface area contributed by atoms with Crippen LogP contribution in [0.25, 0.3) is 0 Å². The summed E-state index contributed by atoms with van der Waals surface area (Å²) in [5.41, 5.74) is 0.686. The molecular formula is C24H29Cl4N3O4S. The highest BCUT2D eigenvalue weighted by molar-refractivity contribution is 7.92. The topological polar surface area (TPSA) is 86.8 Å². The largest absolute Gasteiger partial charge is 0.352 e. The zero-order chi connectivity index (χ0) is 27.2. The fraction of sp³-hybridized carbons (Fsp3) is 0.417. The minimum Gasteiger partial charge on any atom is -0.352 e. The van der Waals surface area contributed by atoms with Gasteiger partial charge in [0.25, 0.3) is 0 Å². The summed E-state index contributed by atoms with van der Waals surface area (Å²) < 4.78 is 26.3. The molecule has 0 aliphatic carbocycles. The number of halogens is 4. The van der Waals surface area contributed by atoms with Crippen molar-refractivity contribution >= 4 is 73.9 Å². The van der Waals surface area contributed by atoms with E-state index in [1.807, 2.05) is 13.8 Å². The molecule has 2 aromatic carbocycles. The van der Waals surface area contributed by atoms with E-state index in [4.69, 9.17) is 46.4 Å². The molecule has 0 radical (unpaired) electrons. The lowest BCUT2D eigenvalue weighted by atomic mass is 10.1. The van der Waals surface area contributed by atoms with Crippen molar-refractivity contribution in [1.82, 2.24) is 10.2 Å². The van der Waals surface area contributed by atoms with Crippen LogP contribution in [0.1, 0.15) is 39.2 Å². The predicted octanol–water partition coefficient (Wildman–Crippen LogP) is 5.79. The van der Waals surface area contributed by atoms with E-state index in [0.717, 1.165) is 10.6 Å². The number of rotatable bonds is 11. The predicted molar refractivity (Wildman–Crippen MR) is 148 cm³/mol. The minimum atomic E-state index is -3.92. The summed E-state index contributed by atoms with van der Waals surface area (Å²) in [4.78, 5) is 28.2. The number of nitrogens with one attached hydrogen (secondary N) is 1. The molecule has 12 heteroatoms. The molecule has 2 rings (SSSR count). The van der Waals surface area contributed by atoms with Crippen LogP contribution in [-0.2, 0) is 26.2 Å². The summed E-state index contributed by atoms with van der Waals surface area (Å²) >= 11 is 24.5. The molecule has 36 heavy (non-hydrogen) atoms. The van der Waals surface area contributed by atoms with Crippen LogP contribution in [0.15, 0.2) is 36.4 Å². The summed E-state index contributed by atoms with van der Waals surface area (Å²) in [6.45, 7) is 4.96. The summed E-state index contributed by atoms with van der Waals surface area (Å²) in [7, 11) is -3.92. The van der Waals surface area contributed by atoms with Crippen LogP contribution in [0.5, 0.6) is 0 Å². The van der Waals surface area contributed by atoms with Crippen LogP contribution >= 0.6 is 46.4 Å². The second-order valence-corrected chi connectivity index (χ2v) is 12.0. The molecule has 2 aromatic rings. The Kier molecular flexibility index (Phi) is 11.2. The van der Waals surface area contributed by atoms with E-state index >= 15 is 0 Å². The number of anilines is 1. The molecular weight excluding hydrogens is 568 g/mol. The molecule has 0 bridgehead atoms. The number of sulfonamides is 1. The maximum absolute atomic E-state index is 13.7. The molecule has 0 saturated heterocycles. The quantitative estimate of drug-likeness (QED) is 0.356. The molecule has 0 spiro atoms. The Balaban J connectivity index is 2.51. The minimum absolute atomic E-state index is 0.0326. The highest BCUT2D eigenvalue weighted by atomic mass is 35.5. The van der Waals surface area contributed by atoms with E-state index in [1.165, 1.54) is 29.2 Å². The van der Waals surface area contributed by atoms with Crippen molar-refractivity contribution in [2.24, 2.45) is 0 Å². The van der Waals surface area contributed by atoms with Gasteiger partial charge in [0.15, 0.2) is 0 Å². The Labute approximate surface area is 232 Å². The SMILES string of the molecule is CC[C@H](C)NC(=O)[C@H](CC)N(Cc1ccc(Cl)cc1Cl)C(=O)CN(c1cc(Cl)cc(Cl)c1)S(C)(=O)=O. The van der Waals surface area contributed by atoms with E-state index in [2.05, 4.69) is 5.32 Å². The lowest BCUT2D eigenvalue weighted by Crippen LogP contribution is -2.53. The molecule has 7 nitrogen and oxygen atoms in total. The van der Waals surface area contributed by atoms with E-state index in [1.54, 1.807) is 19.1 Å². The third kappa shape index (κ3) is 8.42. The van der Waals surface area contributed by atoms with Gasteiger partial charge < -0.3 is 10.2 Å². The van der Waals surface area contributed by atoms with Crippen LogP contribution < -0.4 is 9.62 Å². The first kappa shape index (κ1) is 30.5. The van der Waals surface area contributed by atoms with Gasteiger partial charge in [-0.15, -0.1) is 0 Å². The average Bonchev–Trinajstić information content (AvgIpc) is 2.76. The Bertz CT molecular complexity index is 1190. The number of benzene rings is 2. The third-order valence-electron chi connectivity index (χ3n) is 5.56. The van der Waals surface area contributed by atoms with Crippen LogP contribution in [0.2, 0.25) is 20.1 Å². The van der Waals surface area contributed by atoms with Crippen molar-refractivity contribution in [2.45, 2.75) is 52.2 Å². The number of nitrogens with zero attached hydrogens (tertiary/aromatic N) is 2. The summed E-state index contributed by atoms with van der Waals surface area (Å²) in [6.07, 6.45) is 1.97. The molecule has 0 fully saturated rings. The first-order valence-corrected chi connectivity index (χ1v) is 14.6. The highest BCUT2D eigenvalue weighted by Gasteiger charge is 2.32. The van der Waals surface area contributed by atoms with Gasteiger partial charge in [-0.1, -0.05) is 66.3 Å². The molecule has 0 aliphatic rings. The number of hydrogen-bond donors (Lipinski definition) is 1. The standard InChI is InChI=1S/C24H29Cl4N3O4S/c1-5-15(3)29-24(33)22(6-2)30(13-16-7-8-17(25)12-21(16)28)23(32)14-31(36(4,34)35)20-10-18(26)9-19(27)11-20/h7-12,15,22H,5-6,13-14H2,1-4H3,(H,29,33)/t15-,22-/m0/s1. The molecule has 0 heterocycles. The molecule has 0 saturated carbocycles. The van der Waals surface area contributed by atoms with Gasteiger partial charge in [-0.3, -0.25) is 13.9 Å². The highest BCUT2D eigenvalue weighted by Crippen LogP contribution is 2.28. The van der Waals surface area contributed by atoms with Crippen LogP contribution in [0.3, 0.4) is 0 Å². The molecule has 198 valence electrons. The molecule has 2 amide bonds. The number of carbonyl (C=O) groups is 2. The fourth-order valence-corrected chi connectivity index (χ4v) is 5.31. The number of hydrogen-bond acceptors (Lipinski definition) is 4. The van der Waals surface area contributed by atoms with Gasteiger partial charge in [0.1, 0.15) is 12.6 Å². The van der Waals surface area contributed by atoms with E-state index in [-0.39, 0.29) is 34.2 Å². The molecule has 0 unspecified atom stereocenters. The third-order valence-corrected chi connectivity index (χ3v) is 7.72. The van der Waals surface area contributed by atoms with Crippen LogP contribution in [0.4, 0.5) is 5.69 Å². The second-order valence-electron chi connectivity index (χ2n) is 8.40. The summed E-state index contributed by atoms with van der Waals surface area (Å²) in [6, 6.07) is 8.10. The molecule has 1 N–H and O–H groups in total. The monoisotopic (exact) mass is 595 g/mol. The zero-order valence-electron chi connectivity index (χ0n) is 20.4. The first-order chi connectivity index (χ1) is 16.8. The Hall–Kier alpha value is -1.71. The molecule has 2 atom stereocenters. The summed E-state index contributed by atoms with van der Waals surface area (Å²) in [5, 5.41) is 4.06. The van der Waals surface area contributed by atoms with Crippen LogP contribution in [0, 0.1) is 0 Å². The van der Waals surface area contributed by atoms with Gasteiger partial charge in [0.2, 0.25) is 21.8 Å². The molecule has 0 aromatic heterocycles. The van der Waals surface area contributed by atoms with Gasteiger partial charge in [-0.2, -0.15) is 0 Å². The average molecular weight is 597 g/mol. The van der Waals surface area contributed by atoms with Crippen molar-refractivity contribution in [3.05, 3.63) is 62.1 Å². The van der Waals surface area contributed by atoms with Gasteiger partial charge in [-0.05, 0) is 55.7 Å². The maximum atomic E-state index is 13.7. The fourth-order valence-electron chi connectivity index (χ4n) is 3.49. The van der Waals surface area contributed by atoms with Crippen molar-refractivity contribution in [1.29, 1.82) is 0 Å². The van der Waals surface area contributed by atoms with Crippen LogP contribution in [-0.4, -0.2) is 50.0 Å². The smallest absolute Gasteiger partial charge is 0.244 e. The Morgan fingerprint density at radius 1 is 0.944 bits per heavy atom. The lowest BCUT2D eigenvalue weighted by molar-refractivity contribution is -0.140. The van der Waals surface area contributed by atoms with E-state index in [0.29, 0.717) is 28.5 Å². The van der Waals surface area contributed by atoms with Crippen molar-refractivity contribution in [3.63, 3.8) is 0 Å². The first-order valence-electron chi connectivity index (χ1n) is 11.2. The van der Waals surface area contributed by atoms with E-state index in [9.17, 15) is 18.0 Å². The second kappa shape index (κ2) is 13.2. The Morgan fingerprint density at radius 2 is 1.56 bits per heavy atom. The van der Waals surface area contributed by atoms with Crippen molar-refractivity contribution < 1.29 is 18.0 Å². The van der Waals surface area contributed by atoms with Gasteiger partial charge in [0, 0.05) is 32.7 Å². The number of carbonyl (C=O) groups excluding carboxylic acids is 2. The van der Waals surface area contributed by atoms with E-state index < -0.39 is 28.5 Å². The van der Waals surface area contributed by atoms with Crippen molar-refractivity contribution in [3.8, 4) is 0 Å². The Morgan fingerprint density at radius 3 is 2.06 bits per heavy atom. The van der Waals surface area contributed by atoms with Gasteiger partial charge in [0.05, 0.1) is 11.9 Å². The number of amides is 2. The van der Waals surface area contributed by atoms with Gasteiger partial charge in [-0.25, -0.2) is 8.42 Å². The zero-order valence-corrected chi connectivity index (χ0v) is 24.2. The lowest BCUT2D eigenvalue weighted by Gasteiger charge is -2.33. The van der Waals surface area contributed by atoms with Gasteiger partial charge >= 0.3 is 0 Å². The van der Waals surface area contributed by atoms with Crippen molar-refractivity contribution in [2.75, 3.05) is 17.1 Å².